The van der Waals surface area contributed by atoms with Gasteiger partial charge in [-0.05, 0) is 31.2 Å². The number of hydrogen-bond donors (Lipinski definition) is 1. The highest BCUT2D eigenvalue weighted by Crippen LogP contribution is 2.18. The molecule has 0 fully saturated rings. The molecular formula is C14H18BrN3S. The second-order valence-electron chi connectivity index (χ2n) is 4.66. The van der Waals surface area contributed by atoms with Crippen LogP contribution in [0.15, 0.2) is 39.6 Å². The van der Waals surface area contributed by atoms with E-state index in [1.54, 1.807) is 11.3 Å². The van der Waals surface area contributed by atoms with Crippen molar-refractivity contribution in [1.82, 2.24) is 9.88 Å². The van der Waals surface area contributed by atoms with Crippen LogP contribution in [0.1, 0.15) is 23.7 Å². The van der Waals surface area contributed by atoms with Crippen molar-refractivity contribution in [2.75, 3.05) is 13.6 Å². The van der Waals surface area contributed by atoms with E-state index in [0.29, 0.717) is 0 Å². The van der Waals surface area contributed by atoms with Crippen LogP contribution in [0.4, 0.5) is 0 Å². The van der Waals surface area contributed by atoms with E-state index < -0.39 is 0 Å². The highest BCUT2D eigenvalue weighted by molar-refractivity contribution is 9.10. The average molecular weight is 340 g/mol. The Morgan fingerprint density at radius 3 is 2.74 bits per heavy atom. The number of benzene rings is 1. The first-order valence-electron chi connectivity index (χ1n) is 6.22. The number of aromatic nitrogens is 1. The van der Waals surface area contributed by atoms with Gasteiger partial charge in [0, 0.05) is 29.0 Å². The summed E-state index contributed by atoms with van der Waals surface area (Å²) in [6, 6.07) is 8.32. The number of halogens is 1. The molecule has 0 spiro atoms. The van der Waals surface area contributed by atoms with Gasteiger partial charge in [-0.25, -0.2) is 4.98 Å². The Balaban J connectivity index is 1.79. The Kier molecular flexibility index (Phi) is 5.51. The largest absolute Gasteiger partial charge is 0.324 e. The molecule has 0 radical (unpaired) electrons. The lowest BCUT2D eigenvalue weighted by Crippen LogP contribution is -2.23. The van der Waals surface area contributed by atoms with Gasteiger partial charge >= 0.3 is 0 Å². The van der Waals surface area contributed by atoms with Crippen LogP contribution in [0.25, 0.3) is 0 Å². The van der Waals surface area contributed by atoms with E-state index in [-0.39, 0.29) is 6.04 Å². The number of hydrogen-bond acceptors (Lipinski definition) is 4. The van der Waals surface area contributed by atoms with E-state index in [0.717, 1.165) is 29.7 Å². The molecule has 0 aliphatic rings. The summed E-state index contributed by atoms with van der Waals surface area (Å²) in [6.07, 6.45) is 0.947. The third-order valence-corrected chi connectivity index (χ3v) is 4.20. The number of thiazole rings is 1. The summed E-state index contributed by atoms with van der Waals surface area (Å²) in [5.74, 6) is 0. The van der Waals surface area contributed by atoms with E-state index in [9.17, 15) is 0 Å². The summed E-state index contributed by atoms with van der Waals surface area (Å²) < 4.78 is 1.09. The fourth-order valence-electron chi connectivity index (χ4n) is 1.91. The predicted octanol–water partition coefficient (Wildman–Crippen LogP) is 3.43. The molecule has 2 rings (SSSR count). The minimum absolute atomic E-state index is 0.0889. The topological polar surface area (TPSA) is 42.1 Å². The van der Waals surface area contributed by atoms with Crippen LogP contribution in [0, 0.1) is 0 Å². The Morgan fingerprint density at radius 2 is 2.11 bits per heavy atom. The van der Waals surface area contributed by atoms with Crippen LogP contribution in [-0.4, -0.2) is 23.5 Å². The van der Waals surface area contributed by atoms with Gasteiger partial charge in [0.15, 0.2) is 0 Å². The van der Waals surface area contributed by atoms with Crippen LogP contribution >= 0.6 is 27.3 Å². The van der Waals surface area contributed by atoms with Crippen LogP contribution in [0.2, 0.25) is 0 Å². The molecule has 102 valence electrons. The molecule has 0 saturated carbocycles. The number of rotatable bonds is 6. The van der Waals surface area contributed by atoms with Gasteiger partial charge in [-0.2, -0.15) is 0 Å². The van der Waals surface area contributed by atoms with Crippen molar-refractivity contribution >= 4 is 27.3 Å². The van der Waals surface area contributed by atoms with Crippen molar-refractivity contribution in [3.05, 3.63) is 50.9 Å². The first-order valence-corrected chi connectivity index (χ1v) is 7.95. The molecule has 3 nitrogen and oxygen atoms in total. The molecule has 5 heteroatoms. The fourth-order valence-corrected chi connectivity index (χ4v) is 2.72. The van der Waals surface area contributed by atoms with Gasteiger partial charge in [0.2, 0.25) is 0 Å². The molecule has 2 aromatic rings. The van der Waals surface area contributed by atoms with E-state index in [1.165, 1.54) is 5.56 Å². The molecule has 0 saturated heterocycles. The van der Waals surface area contributed by atoms with Crippen molar-refractivity contribution in [1.29, 1.82) is 0 Å². The quantitative estimate of drug-likeness (QED) is 0.876. The zero-order valence-corrected chi connectivity index (χ0v) is 13.3. The highest BCUT2D eigenvalue weighted by Gasteiger charge is 2.08. The van der Waals surface area contributed by atoms with Gasteiger partial charge in [-0.1, -0.05) is 28.1 Å². The van der Waals surface area contributed by atoms with Crippen molar-refractivity contribution < 1.29 is 0 Å². The predicted molar refractivity (Wildman–Crippen MR) is 84.1 cm³/mol. The zero-order chi connectivity index (χ0) is 13.7. The summed E-state index contributed by atoms with van der Waals surface area (Å²) in [5, 5.41) is 2.09. The van der Waals surface area contributed by atoms with Crippen molar-refractivity contribution in [3.8, 4) is 0 Å². The molecule has 1 unspecified atom stereocenters. The summed E-state index contributed by atoms with van der Waals surface area (Å²) in [6.45, 7) is 1.85. The van der Waals surface area contributed by atoms with Crippen LogP contribution in [0.3, 0.4) is 0 Å². The van der Waals surface area contributed by atoms with Crippen LogP contribution in [-0.2, 0) is 6.54 Å². The third kappa shape index (κ3) is 4.69. The average Bonchev–Trinajstić information content (AvgIpc) is 2.89. The molecule has 0 aliphatic carbocycles. The molecule has 1 atom stereocenters. The number of nitrogens with zero attached hydrogens (tertiary/aromatic N) is 2. The van der Waals surface area contributed by atoms with Crippen molar-refractivity contribution in [3.63, 3.8) is 0 Å². The van der Waals surface area contributed by atoms with Crippen LogP contribution in [0.5, 0.6) is 0 Å². The smallest absolute Gasteiger partial charge is 0.0795 e. The summed E-state index contributed by atoms with van der Waals surface area (Å²) in [4.78, 5) is 6.55. The van der Waals surface area contributed by atoms with Crippen molar-refractivity contribution in [2.24, 2.45) is 5.73 Å². The molecule has 0 amide bonds. The second-order valence-corrected chi connectivity index (χ2v) is 6.30. The monoisotopic (exact) mass is 339 g/mol. The Bertz CT molecular complexity index is 484. The molecule has 19 heavy (non-hydrogen) atoms. The molecule has 0 bridgehead atoms. The van der Waals surface area contributed by atoms with E-state index >= 15 is 0 Å². The maximum absolute atomic E-state index is 6.21. The lowest BCUT2D eigenvalue weighted by molar-refractivity contribution is 0.308. The van der Waals surface area contributed by atoms with E-state index in [1.807, 2.05) is 17.6 Å². The van der Waals surface area contributed by atoms with E-state index in [4.69, 9.17) is 5.73 Å². The minimum Gasteiger partial charge on any atom is -0.324 e. The fraction of sp³-hybridized carbons (Fsp3) is 0.357. The second kappa shape index (κ2) is 7.14. The molecule has 2 N–H and O–H groups in total. The Labute approximate surface area is 126 Å². The first kappa shape index (κ1) is 14.7. The summed E-state index contributed by atoms with van der Waals surface area (Å²) in [7, 11) is 2.10. The molecule has 1 heterocycles. The van der Waals surface area contributed by atoms with Gasteiger partial charge < -0.3 is 10.6 Å². The summed E-state index contributed by atoms with van der Waals surface area (Å²) >= 11 is 5.07. The first-order chi connectivity index (χ1) is 9.15. The normalized spacial score (nSPS) is 12.8. The van der Waals surface area contributed by atoms with Gasteiger partial charge in [0.1, 0.15) is 0 Å². The number of nitrogens with two attached hydrogens (primary N) is 1. The Hall–Kier alpha value is -0.750. The summed E-state index contributed by atoms with van der Waals surface area (Å²) in [5.41, 5.74) is 10.4. The van der Waals surface area contributed by atoms with Gasteiger partial charge in [0.05, 0.1) is 11.2 Å². The maximum Gasteiger partial charge on any atom is 0.0795 e. The van der Waals surface area contributed by atoms with E-state index in [2.05, 4.69) is 50.4 Å². The molecule has 1 aromatic heterocycles. The minimum atomic E-state index is 0.0889. The van der Waals surface area contributed by atoms with Gasteiger partial charge in [0.25, 0.3) is 0 Å². The third-order valence-electron chi connectivity index (χ3n) is 3.04. The highest BCUT2D eigenvalue weighted by atomic mass is 79.9. The van der Waals surface area contributed by atoms with Gasteiger partial charge in [-0.3, -0.25) is 0 Å². The molecular weight excluding hydrogens is 322 g/mol. The van der Waals surface area contributed by atoms with Crippen LogP contribution < -0.4 is 5.73 Å². The van der Waals surface area contributed by atoms with Crippen molar-refractivity contribution in [2.45, 2.75) is 19.0 Å². The molecule has 0 aliphatic heterocycles. The lowest BCUT2D eigenvalue weighted by atomic mass is 10.0. The lowest BCUT2D eigenvalue weighted by Gasteiger charge is -2.18. The van der Waals surface area contributed by atoms with Gasteiger partial charge in [-0.15, -0.1) is 11.3 Å². The Morgan fingerprint density at radius 1 is 1.37 bits per heavy atom. The standard InChI is InChI=1S/C14H18BrN3S/c1-18(8-13-9-19-10-17-13)7-6-14(16)11-2-4-12(15)5-3-11/h2-5,9-10,14H,6-8,16H2,1H3. The SMILES string of the molecule is CN(CCC(N)c1ccc(Br)cc1)Cc1cscn1. The zero-order valence-electron chi connectivity index (χ0n) is 10.9. The molecule has 1 aromatic carbocycles. The maximum atomic E-state index is 6.21.